The van der Waals surface area contributed by atoms with Gasteiger partial charge in [-0.15, -0.1) is 4.52 Å². The maximum absolute atomic E-state index is 13.6. The molecule has 9 heteroatoms. The van der Waals surface area contributed by atoms with Gasteiger partial charge in [-0.25, -0.2) is 9.37 Å². The van der Waals surface area contributed by atoms with E-state index in [1.165, 1.54) is 12.1 Å². The number of rotatable bonds is 12. The van der Waals surface area contributed by atoms with Gasteiger partial charge >= 0.3 is 14.0 Å². The highest BCUT2D eigenvalue weighted by atomic mass is 31.1. The zero-order valence-corrected chi connectivity index (χ0v) is 20.1. The molecule has 0 saturated carbocycles. The Bertz CT molecular complexity index is 1120. The van der Waals surface area contributed by atoms with E-state index in [0.717, 1.165) is 28.5 Å². The molecule has 1 heterocycles. The lowest BCUT2D eigenvalue weighted by Gasteiger charge is -2.14. The molecule has 34 heavy (non-hydrogen) atoms. The van der Waals surface area contributed by atoms with Crippen molar-refractivity contribution in [2.45, 2.75) is 45.1 Å². The second-order valence-corrected chi connectivity index (χ2v) is 9.59. The largest absolute Gasteiger partial charge is 0.510 e. The van der Waals surface area contributed by atoms with Gasteiger partial charge in [0.2, 0.25) is 6.16 Å². The summed E-state index contributed by atoms with van der Waals surface area (Å²) < 4.78 is 33.1. The molecule has 0 aliphatic carbocycles. The Morgan fingerprint density at radius 1 is 1.15 bits per heavy atom. The van der Waals surface area contributed by atoms with Crippen LogP contribution in [0.5, 0.6) is 0 Å². The molecule has 0 amide bonds. The Labute approximate surface area is 199 Å². The van der Waals surface area contributed by atoms with Crippen molar-refractivity contribution >= 4 is 14.0 Å². The third-order valence-electron chi connectivity index (χ3n) is 5.23. The predicted octanol–water partition coefficient (Wildman–Crippen LogP) is 5.33. The standard InChI is InChI=1S/C25H28FN2O5P/c1-17(2)24-22(9-6-14-33-34(32)16-21(29)15-23(30)31)28(20-12-10-19(26)11-13-20)25(27-24)18-7-4-3-5-8-18/h3-5,7-8,10-13,17,21,29H,6,9,14-16H2,1-2H3/p+1/t21-/m0/s1. The summed E-state index contributed by atoms with van der Waals surface area (Å²) in [6.45, 7) is 4.31. The average molecular weight is 487 g/mol. The molecule has 0 aliphatic heterocycles. The van der Waals surface area contributed by atoms with E-state index in [1.54, 1.807) is 12.1 Å². The van der Waals surface area contributed by atoms with Crippen LogP contribution in [0.25, 0.3) is 17.1 Å². The zero-order valence-electron chi connectivity index (χ0n) is 19.2. The molecule has 3 rings (SSSR count). The number of carbonyl (C=O) groups is 1. The quantitative estimate of drug-likeness (QED) is 0.265. The van der Waals surface area contributed by atoms with E-state index in [0.29, 0.717) is 12.8 Å². The molecular formula is C25H29FN2O5P+. The molecule has 0 bridgehead atoms. The molecule has 1 unspecified atom stereocenters. The minimum absolute atomic E-state index is 0.142. The molecule has 7 nitrogen and oxygen atoms in total. The Balaban J connectivity index is 1.83. The van der Waals surface area contributed by atoms with Crippen molar-refractivity contribution < 1.29 is 28.5 Å². The molecule has 0 spiro atoms. The van der Waals surface area contributed by atoms with Gasteiger partial charge in [-0.1, -0.05) is 44.2 Å². The van der Waals surface area contributed by atoms with Crippen molar-refractivity contribution in [3.8, 4) is 17.1 Å². The monoisotopic (exact) mass is 487 g/mol. The van der Waals surface area contributed by atoms with Crippen molar-refractivity contribution in [2.24, 2.45) is 0 Å². The van der Waals surface area contributed by atoms with Gasteiger partial charge < -0.3 is 10.2 Å². The van der Waals surface area contributed by atoms with Gasteiger partial charge in [0.15, 0.2) is 0 Å². The molecule has 0 radical (unpaired) electrons. The molecule has 0 fully saturated rings. The molecule has 2 atom stereocenters. The first-order valence-electron chi connectivity index (χ1n) is 11.2. The van der Waals surface area contributed by atoms with E-state index in [-0.39, 0.29) is 24.5 Å². The smallest absolute Gasteiger partial charge is 0.481 e. The minimum Gasteiger partial charge on any atom is -0.481 e. The molecule has 3 aromatic rings. The summed E-state index contributed by atoms with van der Waals surface area (Å²) in [4.78, 5) is 15.6. The minimum atomic E-state index is -2.16. The van der Waals surface area contributed by atoms with Crippen LogP contribution in [0.15, 0.2) is 54.6 Å². The van der Waals surface area contributed by atoms with E-state index in [1.807, 2.05) is 34.9 Å². The number of carboxylic acids is 1. The van der Waals surface area contributed by atoms with E-state index < -0.39 is 26.5 Å². The summed E-state index contributed by atoms with van der Waals surface area (Å²) in [5, 5.41) is 18.3. The van der Waals surface area contributed by atoms with Crippen LogP contribution in [0.3, 0.4) is 0 Å². The van der Waals surface area contributed by atoms with Crippen molar-refractivity contribution in [1.29, 1.82) is 0 Å². The third kappa shape index (κ3) is 6.79. The van der Waals surface area contributed by atoms with Gasteiger partial charge in [0.25, 0.3) is 0 Å². The first kappa shape index (κ1) is 25.7. The van der Waals surface area contributed by atoms with Crippen molar-refractivity contribution in [3.05, 3.63) is 71.8 Å². The van der Waals surface area contributed by atoms with Crippen LogP contribution in [0, 0.1) is 5.82 Å². The number of hydrogen-bond acceptors (Lipinski definition) is 5. The highest BCUT2D eigenvalue weighted by molar-refractivity contribution is 7.39. The number of benzene rings is 2. The highest BCUT2D eigenvalue weighted by Crippen LogP contribution is 2.32. The van der Waals surface area contributed by atoms with Crippen LogP contribution in [0.2, 0.25) is 0 Å². The van der Waals surface area contributed by atoms with Crippen LogP contribution in [-0.2, 0) is 20.3 Å². The van der Waals surface area contributed by atoms with Crippen molar-refractivity contribution in [2.75, 3.05) is 12.8 Å². The maximum Gasteiger partial charge on any atom is 0.510 e. The molecule has 2 N–H and O–H groups in total. The Morgan fingerprint density at radius 2 is 1.82 bits per heavy atom. The third-order valence-corrected chi connectivity index (χ3v) is 6.42. The van der Waals surface area contributed by atoms with Gasteiger partial charge in [0.05, 0.1) is 12.1 Å². The number of imidazole rings is 1. The number of aliphatic hydroxyl groups excluding tert-OH is 1. The van der Waals surface area contributed by atoms with Crippen LogP contribution in [0.1, 0.15) is 44.0 Å². The fourth-order valence-electron chi connectivity index (χ4n) is 3.72. The van der Waals surface area contributed by atoms with Crippen LogP contribution >= 0.6 is 8.03 Å². The number of hydrogen-bond donors (Lipinski definition) is 2. The number of halogens is 1. The Hall–Kier alpha value is -2.93. The van der Waals surface area contributed by atoms with E-state index in [2.05, 4.69) is 13.8 Å². The molecule has 180 valence electrons. The first-order valence-corrected chi connectivity index (χ1v) is 12.5. The molecule has 0 saturated heterocycles. The van der Waals surface area contributed by atoms with E-state index >= 15 is 0 Å². The van der Waals surface area contributed by atoms with Crippen LogP contribution < -0.4 is 0 Å². The predicted molar refractivity (Wildman–Crippen MR) is 128 cm³/mol. The molecular weight excluding hydrogens is 458 g/mol. The topological polar surface area (TPSA) is 102 Å². The van der Waals surface area contributed by atoms with E-state index in [9.17, 15) is 18.9 Å². The molecule has 2 aromatic carbocycles. The second-order valence-electron chi connectivity index (χ2n) is 8.30. The fourth-order valence-corrected chi connectivity index (χ4v) is 4.63. The molecule has 0 aliphatic rings. The number of nitrogens with zero attached hydrogens (tertiary/aromatic N) is 2. The van der Waals surface area contributed by atoms with Crippen LogP contribution in [0.4, 0.5) is 4.39 Å². The zero-order chi connectivity index (χ0) is 24.7. The van der Waals surface area contributed by atoms with E-state index in [4.69, 9.17) is 14.6 Å². The van der Waals surface area contributed by atoms with Gasteiger partial charge in [-0.3, -0.25) is 9.36 Å². The number of aromatic nitrogens is 2. The highest BCUT2D eigenvalue weighted by Gasteiger charge is 2.26. The average Bonchev–Trinajstić information content (AvgIpc) is 3.17. The fraction of sp³-hybridized carbons (Fsp3) is 0.360. The van der Waals surface area contributed by atoms with Gasteiger partial charge in [-0.05, 0) is 47.6 Å². The summed E-state index contributed by atoms with van der Waals surface area (Å²) in [7, 11) is -2.16. The number of carboxylic acid groups (broad SMARTS) is 1. The normalized spacial score (nSPS) is 12.7. The summed E-state index contributed by atoms with van der Waals surface area (Å²) in [6.07, 6.45) is -0.782. The second kappa shape index (κ2) is 12.0. The van der Waals surface area contributed by atoms with Crippen molar-refractivity contribution in [3.63, 3.8) is 0 Å². The summed E-state index contributed by atoms with van der Waals surface area (Å²) in [5.41, 5.74) is 3.61. The first-order chi connectivity index (χ1) is 16.3. The number of aliphatic hydroxyl groups is 1. The van der Waals surface area contributed by atoms with Gasteiger partial charge in [-0.2, -0.15) is 0 Å². The summed E-state index contributed by atoms with van der Waals surface area (Å²) in [6, 6.07) is 16.0. The summed E-state index contributed by atoms with van der Waals surface area (Å²) >= 11 is 0. The lowest BCUT2D eigenvalue weighted by atomic mass is 10.1. The molecule has 1 aromatic heterocycles. The Kier molecular flexibility index (Phi) is 9.05. The van der Waals surface area contributed by atoms with Gasteiger partial charge in [0, 0.05) is 16.9 Å². The maximum atomic E-state index is 13.6. The lowest BCUT2D eigenvalue weighted by molar-refractivity contribution is -0.138. The van der Waals surface area contributed by atoms with Crippen molar-refractivity contribution in [1.82, 2.24) is 9.55 Å². The SMILES string of the molecule is CC(C)c1nc(-c2ccccc2)n(-c2ccc(F)cc2)c1CCCO[P+](=O)C[C@@H](O)CC(=O)O. The lowest BCUT2D eigenvalue weighted by Crippen LogP contribution is -2.15. The number of aliphatic carboxylic acids is 1. The van der Waals surface area contributed by atoms with Crippen LogP contribution in [-0.4, -0.2) is 44.6 Å². The summed E-state index contributed by atoms with van der Waals surface area (Å²) in [5.74, 6) is -0.573. The van der Waals surface area contributed by atoms with Gasteiger partial charge in [0.1, 0.15) is 24.4 Å². The Morgan fingerprint density at radius 3 is 2.44 bits per heavy atom.